The number of nitrogens with one attached hydrogen (secondary N) is 2. The molecule has 0 fully saturated rings. The second kappa shape index (κ2) is 8.90. The third kappa shape index (κ3) is 5.26. The monoisotopic (exact) mass is 335 g/mol. The van der Waals surface area contributed by atoms with Crippen molar-refractivity contribution >= 4 is 23.6 Å². The Bertz CT molecular complexity index is 582. The van der Waals surface area contributed by atoms with Crippen molar-refractivity contribution in [3.8, 4) is 0 Å². The van der Waals surface area contributed by atoms with Crippen molar-refractivity contribution in [3.63, 3.8) is 0 Å². The van der Waals surface area contributed by atoms with Crippen LogP contribution in [0.5, 0.6) is 0 Å². The van der Waals surface area contributed by atoms with E-state index in [1.54, 1.807) is 36.1 Å². The molecular weight excluding hydrogens is 310 g/mol. The Balaban J connectivity index is 2.68. The Morgan fingerprint density at radius 1 is 1.08 bits per heavy atom. The summed E-state index contributed by atoms with van der Waals surface area (Å²) in [6, 6.07) is 6.58. The largest absolute Gasteiger partial charge is 0.481 e. The van der Waals surface area contributed by atoms with Crippen molar-refractivity contribution in [1.82, 2.24) is 10.2 Å². The van der Waals surface area contributed by atoms with E-state index in [-0.39, 0.29) is 12.1 Å². The van der Waals surface area contributed by atoms with Crippen molar-refractivity contribution in [3.05, 3.63) is 29.8 Å². The molecule has 132 valence electrons. The molecule has 7 nitrogen and oxygen atoms in total. The number of carbonyl (C=O) groups excluding carboxylic acids is 2. The molecule has 3 N–H and O–H groups in total. The molecule has 0 aliphatic heterocycles. The minimum atomic E-state index is -1.16. The summed E-state index contributed by atoms with van der Waals surface area (Å²) in [5.41, 5.74) is 1.48. The lowest BCUT2D eigenvalue weighted by Gasteiger charge is -2.20. The van der Waals surface area contributed by atoms with Crippen LogP contribution in [0.25, 0.3) is 0 Å². The number of carboxylic acids is 1. The highest BCUT2D eigenvalue weighted by Gasteiger charge is 2.22. The summed E-state index contributed by atoms with van der Waals surface area (Å²) in [4.78, 5) is 36.2. The smallest absolute Gasteiger partial charge is 0.321 e. The number of aliphatic carboxylic acids is 1. The van der Waals surface area contributed by atoms with Gasteiger partial charge in [-0.3, -0.25) is 9.59 Å². The first kappa shape index (κ1) is 19.5. The summed E-state index contributed by atoms with van der Waals surface area (Å²) < 4.78 is 0. The van der Waals surface area contributed by atoms with Gasteiger partial charge in [0, 0.05) is 18.8 Å². The first-order chi connectivity index (χ1) is 11.3. The van der Waals surface area contributed by atoms with Gasteiger partial charge in [-0.1, -0.05) is 12.1 Å². The maximum Gasteiger partial charge on any atom is 0.321 e. The van der Waals surface area contributed by atoms with Crippen LogP contribution in [0.2, 0.25) is 0 Å². The molecule has 0 aliphatic rings. The number of anilines is 1. The molecule has 0 aliphatic carbocycles. The van der Waals surface area contributed by atoms with Gasteiger partial charge in [-0.25, -0.2) is 4.79 Å². The Kier molecular flexibility index (Phi) is 7.23. The van der Waals surface area contributed by atoms with Gasteiger partial charge < -0.3 is 20.6 Å². The minimum Gasteiger partial charge on any atom is -0.481 e. The van der Waals surface area contributed by atoms with Gasteiger partial charge in [0.05, 0.1) is 6.04 Å². The molecule has 3 amide bonds. The zero-order chi connectivity index (χ0) is 18.3. The van der Waals surface area contributed by atoms with E-state index < -0.39 is 17.8 Å². The fourth-order valence-electron chi connectivity index (χ4n) is 2.10. The second-order valence-corrected chi connectivity index (χ2v) is 5.51. The highest BCUT2D eigenvalue weighted by atomic mass is 16.4. The fraction of sp³-hybridized carbons (Fsp3) is 0.471. The SMILES string of the molecule is CCN(CC)C(=O)Nc1ccc(C(C)NC(=O)C(C)C(=O)O)cc1. The fourth-order valence-corrected chi connectivity index (χ4v) is 2.10. The van der Waals surface area contributed by atoms with E-state index in [0.29, 0.717) is 18.8 Å². The Hall–Kier alpha value is -2.57. The normalized spacial score (nSPS) is 12.8. The van der Waals surface area contributed by atoms with Gasteiger partial charge in [-0.15, -0.1) is 0 Å². The Labute approximate surface area is 142 Å². The molecule has 1 aromatic rings. The van der Waals surface area contributed by atoms with Crippen molar-refractivity contribution < 1.29 is 19.5 Å². The van der Waals surface area contributed by atoms with Crippen LogP contribution in [0.3, 0.4) is 0 Å². The van der Waals surface area contributed by atoms with E-state index >= 15 is 0 Å². The van der Waals surface area contributed by atoms with Gasteiger partial charge in [-0.05, 0) is 45.4 Å². The molecule has 24 heavy (non-hydrogen) atoms. The van der Waals surface area contributed by atoms with Crippen LogP contribution in [0.4, 0.5) is 10.5 Å². The minimum absolute atomic E-state index is 0.163. The molecular formula is C17H25N3O4. The molecule has 7 heteroatoms. The van der Waals surface area contributed by atoms with Crippen LogP contribution in [0.15, 0.2) is 24.3 Å². The predicted molar refractivity (Wildman–Crippen MR) is 91.7 cm³/mol. The average molecular weight is 335 g/mol. The zero-order valence-electron chi connectivity index (χ0n) is 14.5. The lowest BCUT2D eigenvalue weighted by molar-refractivity contribution is -0.146. The summed E-state index contributed by atoms with van der Waals surface area (Å²) in [6.45, 7) is 8.20. The summed E-state index contributed by atoms with van der Waals surface area (Å²) in [5.74, 6) is -2.79. The van der Waals surface area contributed by atoms with Crippen LogP contribution in [0.1, 0.15) is 39.3 Å². The first-order valence-electron chi connectivity index (χ1n) is 7.99. The van der Waals surface area contributed by atoms with Crippen LogP contribution >= 0.6 is 0 Å². The van der Waals surface area contributed by atoms with Crippen molar-refractivity contribution in [1.29, 1.82) is 0 Å². The molecule has 0 bridgehead atoms. The predicted octanol–water partition coefficient (Wildman–Crippen LogP) is 2.46. The molecule has 0 saturated heterocycles. The molecule has 2 atom stereocenters. The third-order valence-corrected chi connectivity index (χ3v) is 3.84. The molecule has 0 radical (unpaired) electrons. The number of carboxylic acid groups (broad SMARTS) is 1. The third-order valence-electron chi connectivity index (χ3n) is 3.84. The molecule has 1 rings (SSSR count). The van der Waals surface area contributed by atoms with Gasteiger partial charge in [0.1, 0.15) is 5.92 Å². The second-order valence-electron chi connectivity index (χ2n) is 5.51. The molecule has 1 aromatic carbocycles. The van der Waals surface area contributed by atoms with E-state index in [9.17, 15) is 14.4 Å². The highest BCUT2D eigenvalue weighted by Crippen LogP contribution is 2.17. The molecule has 2 unspecified atom stereocenters. The van der Waals surface area contributed by atoms with Gasteiger partial charge >= 0.3 is 12.0 Å². The first-order valence-corrected chi connectivity index (χ1v) is 7.99. The number of benzene rings is 1. The number of urea groups is 1. The lowest BCUT2D eigenvalue weighted by Crippen LogP contribution is -2.35. The Morgan fingerprint density at radius 3 is 2.08 bits per heavy atom. The van der Waals surface area contributed by atoms with Crippen LogP contribution in [-0.4, -0.2) is 41.0 Å². The van der Waals surface area contributed by atoms with Crippen LogP contribution < -0.4 is 10.6 Å². The van der Waals surface area contributed by atoms with Crippen molar-refractivity contribution in [2.24, 2.45) is 5.92 Å². The van der Waals surface area contributed by atoms with Gasteiger partial charge in [0.2, 0.25) is 5.91 Å². The van der Waals surface area contributed by atoms with Crippen molar-refractivity contribution in [2.45, 2.75) is 33.7 Å². The quantitative estimate of drug-likeness (QED) is 0.667. The number of hydrogen-bond donors (Lipinski definition) is 3. The summed E-state index contributed by atoms with van der Waals surface area (Å²) in [5, 5.41) is 14.3. The topological polar surface area (TPSA) is 98.7 Å². The molecule has 0 heterocycles. The van der Waals surface area contributed by atoms with Gasteiger partial charge in [-0.2, -0.15) is 0 Å². The van der Waals surface area contributed by atoms with E-state index in [0.717, 1.165) is 5.56 Å². The number of hydrogen-bond acceptors (Lipinski definition) is 3. The maximum atomic E-state index is 12.0. The number of nitrogens with zero attached hydrogens (tertiary/aromatic N) is 1. The number of carbonyl (C=O) groups is 3. The van der Waals surface area contributed by atoms with E-state index in [1.807, 2.05) is 13.8 Å². The van der Waals surface area contributed by atoms with Crippen LogP contribution in [-0.2, 0) is 9.59 Å². The van der Waals surface area contributed by atoms with Crippen molar-refractivity contribution in [2.75, 3.05) is 18.4 Å². The molecule has 0 spiro atoms. The van der Waals surface area contributed by atoms with E-state index in [4.69, 9.17) is 5.11 Å². The summed E-state index contributed by atoms with van der Waals surface area (Å²) in [6.07, 6.45) is 0. The maximum absolute atomic E-state index is 12.0. The van der Waals surface area contributed by atoms with Crippen LogP contribution in [0, 0.1) is 5.92 Å². The van der Waals surface area contributed by atoms with E-state index in [2.05, 4.69) is 10.6 Å². The van der Waals surface area contributed by atoms with E-state index in [1.165, 1.54) is 6.92 Å². The summed E-state index contributed by atoms with van der Waals surface area (Å²) >= 11 is 0. The lowest BCUT2D eigenvalue weighted by atomic mass is 10.1. The molecule has 0 aromatic heterocycles. The molecule has 0 saturated carbocycles. The average Bonchev–Trinajstić information content (AvgIpc) is 2.55. The standard InChI is InChI=1S/C17H25N3O4/c1-5-20(6-2)17(24)19-14-9-7-13(8-10-14)12(4)18-15(21)11(3)16(22)23/h7-12H,5-6H2,1-4H3,(H,18,21)(H,19,24)(H,22,23). The number of amides is 3. The van der Waals surface area contributed by atoms with Gasteiger partial charge in [0.25, 0.3) is 0 Å². The Morgan fingerprint density at radius 2 is 1.62 bits per heavy atom. The summed E-state index contributed by atoms with van der Waals surface area (Å²) in [7, 11) is 0. The van der Waals surface area contributed by atoms with Gasteiger partial charge in [0.15, 0.2) is 0 Å². The highest BCUT2D eigenvalue weighted by molar-refractivity contribution is 5.96. The zero-order valence-corrected chi connectivity index (χ0v) is 14.5. The number of rotatable bonds is 7.